The van der Waals surface area contributed by atoms with Crippen molar-refractivity contribution < 1.29 is 14.7 Å². The Morgan fingerprint density at radius 1 is 1.24 bits per heavy atom. The molecule has 0 aliphatic heterocycles. The van der Waals surface area contributed by atoms with E-state index in [9.17, 15) is 14.7 Å². The highest BCUT2D eigenvalue weighted by molar-refractivity contribution is 6.31. The summed E-state index contributed by atoms with van der Waals surface area (Å²) in [7, 11) is 0. The number of hydrogen-bond donors (Lipinski definition) is 4. The van der Waals surface area contributed by atoms with E-state index in [0.717, 1.165) is 5.56 Å². The summed E-state index contributed by atoms with van der Waals surface area (Å²) in [6, 6.07) is 8.54. The van der Waals surface area contributed by atoms with E-state index in [2.05, 4.69) is 15.6 Å². The Morgan fingerprint density at radius 2 is 2.04 bits per heavy atom. The maximum atomic E-state index is 12.4. The van der Waals surface area contributed by atoms with Gasteiger partial charge in [-0.25, -0.2) is 0 Å². The van der Waals surface area contributed by atoms with Gasteiger partial charge in [-0.3, -0.25) is 9.59 Å². The lowest BCUT2D eigenvalue weighted by molar-refractivity contribution is -0.125. The van der Waals surface area contributed by atoms with Crippen molar-refractivity contribution in [2.75, 3.05) is 0 Å². The number of aliphatic hydroxyl groups is 1. The minimum Gasteiger partial charge on any atom is -0.391 e. The van der Waals surface area contributed by atoms with Crippen molar-refractivity contribution in [2.24, 2.45) is 5.92 Å². The van der Waals surface area contributed by atoms with Crippen LogP contribution >= 0.6 is 11.6 Å². The summed E-state index contributed by atoms with van der Waals surface area (Å²) in [4.78, 5) is 27.2. The zero-order valence-corrected chi connectivity index (χ0v) is 14.3. The number of halogens is 1. The fourth-order valence-corrected chi connectivity index (χ4v) is 3.27. The third-order valence-electron chi connectivity index (χ3n) is 4.49. The van der Waals surface area contributed by atoms with E-state index in [1.165, 1.54) is 0 Å². The summed E-state index contributed by atoms with van der Waals surface area (Å²) in [6.07, 6.45) is 3.24. The summed E-state index contributed by atoms with van der Waals surface area (Å²) < 4.78 is 0. The molecule has 2 aromatic rings. The lowest BCUT2D eigenvalue weighted by atomic mass is 10.1. The Morgan fingerprint density at radius 3 is 2.76 bits per heavy atom. The number of nitrogens with one attached hydrogen (secondary N) is 3. The van der Waals surface area contributed by atoms with Gasteiger partial charge in [-0.2, -0.15) is 0 Å². The van der Waals surface area contributed by atoms with Gasteiger partial charge in [0.25, 0.3) is 5.91 Å². The molecular formula is C18H20ClN3O3. The molecule has 1 fully saturated rings. The van der Waals surface area contributed by atoms with Gasteiger partial charge in [-0.15, -0.1) is 0 Å². The largest absolute Gasteiger partial charge is 0.391 e. The average Bonchev–Trinajstić information content (AvgIpc) is 3.24. The Bertz CT molecular complexity index is 748. The van der Waals surface area contributed by atoms with Crippen molar-refractivity contribution in [1.82, 2.24) is 15.6 Å². The van der Waals surface area contributed by atoms with Crippen molar-refractivity contribution in [2.45, 2.75) is 31.5 Å². The molecule has 2 amide bonds. The van der Waals surface area contributed by atoms with Gasteiger partial charge >= 0.3 is 0 Å². The Hall–Kier alpha value is -2.31. The van der Waals surface area contributed by atoms with Gasteiger partial charge in [0.1, 0.15) is 0 Å². The van der Waals surface area contributed by atoms with Crippen LogP contribution in [0.25, 0.3) is 0 Å². The molecule has 0 unspecified atom stereocenters. The molecule has 132 valence electrons. The predicted molar refractivity (Wildman–Crippen MR) is 94.1 cm³/mol. The standard InChI is InChI=1S/C18H20ClN3O3/c19-14-4-2-1-3-11(14)10-21-17(24)13-7-15(16(23)8-13)22-18(25)12-5-6-20-9-12/h1-6,9,13,15-16,20,23H,7-8,10H2,(H,21,24)(H,22,25)/t13-,15+,16+/m0/s1. The van der Waals surface area contributed by atoms with Crippen LogP contribution in [0.2, 0.25) is 5.02 Å². The third-order valence-corrected chi connectivity index (χ3v) is 4.86. The van der Waals surface area contributed by atoms with Gasteiger partial charge in [-0.1, -0.05) is 29.8 Å². The summed E-state index contributed by atoms with van der Waals surface area (Å²) in [6.45, 7) is 0.339. The number of carbonyl (C=O) groups excluding carboxylic acids is 2. The SMILES string of the molecule is O=C(N[C@@H]1C[C@H](C(=O)NCc2ccccc2Cl)C[C@H]1O)c1cc[nH]c1. The first-order valence-electron chi connectivity index (χ1n) is 8.17. The molecule has 1 aliphatic rings. The van der Waals surface area contributed by atoms with E-state index < -0.39 is 12.1 Å². The van der Waals surface area contributed by atoms with Crippen LogP contribution in [0.3, 0.4) is 0 Å². The van der Waals surface area contributed by atoms with Crippen molar-refractivity contribution in [1.29, 1.82) is 0 Å². The van der Waals surface area contributed by atoms with Gasteiger partial charge in [0.2, 0.25) is 5.91 Å². The van der Waals surface area contributed by atoms with Crippen LogP contribution in [0.4, 0.5) is 0 Å². The van der Waals surface area contributed by atoms with Gasteiger partial charge < -0.3 is 20.7 Å². The molecule has 0 radical (unpaired) electrons. The van der Waals surface area contributed by atoms with Crippen LogP contribution in [0, 0.1) is 5.92 Å². The molecule has 1 saturated carbocycles. The maximum absolute atomic E-state index is 12.4. The second-order valence-electron chi connectivity index (χ2n) is 6.22. The molecule has 1 heterocycles. The monoisotopic (exact) mass is 361 g/mol. The highest BCUT2D eigenvalue weighted by Gasteiger charge is 2.37. The van der Waals surface area contributed by atoms with Crippen molar-refractivity contribution in [3.05, 3.63) is 58.9 Å². The van der Waals surface area contributed by atoms with E-state index in [-0.39, 0.29) is 17.7 Å². The Labute approximate surface area is 150 Å². The molecule has 1 aliphatic carbocycles. The molecule has 25 heavy (non-hydrogen) atoms. The molecule has 0 bridgehead atoms. The first-order valence-corrected chi connectivity index (χ1v) is 8.55. The van der Waals surface area contributed by atoms with Crippen LogP contribution in [0.5, 0.6) is 0 Å². The number of benzene rings is 1. The number of rotatable bonds is 5. The maximum Gasteiger partial charge on any atom is 0.253 e. The molecule has 3 rings (SSSR count). The van der Waals surface area contributed by atoms with E-state index in [0.29, 0.717) is 30.0 Å². The van der Waals surface area contributed by atoms with Crippen molar-refractivity contribution >= 4 is 23.4 Å². The quantitative estimate of drug-likeness (QED) is 0.654. The van der Waals surface area contributed by atoms with Gasteiger partial charge in [0, 0.05) is 29.9 Å². The van der Waals surface area contributed by atoms with Crippen LogP contribution < -0.4 is 10.6 Å². The minimum absolute atomic E-state index is 0.141. The lowest BCUT2D eigenvalue weighted by Crippen LogP contribution is -2.40. The summed E-state index contributed by atoms with van der Waals surface area (Å²) in [5, 5.41) is 16.4. The van der Waals surface area contributed by atoms with Gasteiger partial charge in [-0.05, 0) is 30.5 Å². The van der Waals surface area contributed by atoms with E-state index in [1.54, 1.807) is 24.5 Å². The smallest absolute Gasteiger partial charge is 0.253 e. The summed E-state index contributed by atoms with van der Waals surface area (Å²) in [5.74, 6) is -0.742. The third kappa shape index (κ3) is 4.21. The molecule has 1 aromatic carbocycles. The zero-order valence-electron chi connectivity index (χ0n) is 13.5. The normalized spacial score (nSPS) is 22.6. The van der Waals surface area contributed by atoms with Gasteiger partial charge in [0.05, 0.1) is 17.7 Å². The molecular weight excluding hydrogens is 342 g/mol. The predicted octanol–water partition coefficient (Wildman–Crippen LogP) is 1.85. The van der Waals surface area contributed by atoms with Gasteiger partial charge in [0.15, 0.2) is 0 Å². The molecule has 4 N–H and O–H groups in total. The van der Waals surface area contributed by atoms with E-state index in [1.807, 2.05) is 18.2 Å². The number of aliphatic hydroxyl groups excluding tert-OH is 1. The molecule has 6 nitrogen and oxygen atoms in total. The van der Waals surface area contributed by atoms with E-state index >= 15 is 0 Å². The number of amides is 2. The lowest BCUT2D eigenvalue weighted by Gasteiger charge is -2.15. The van der Waals surface area contributed by atoms with E-state index in [4.69, 9.17) is 11.6 Å². The number of aromatic amines is 1. The molecule has 1 aromatic heterocycles. The molecule has 0 spiro atoms. The van der Waals surface area contributed by atoms with Crippen molar-refractivity contribution in [3.8, 4) is 0 Å². The summed E-state index contributed by atoms with van der Waals surface area (Å²) >= 11 is 6.08. The first kappa shape index (κ1) is 17.5. The molecule has 0 saturated heterocycles. The number of aromatic nitrogens is 1. The molecule has 3 atom stereocenters. The second-order valence-corrected chi connectivity index (χ2v) is 6.63. The van der Waals surface area contributed by atoms with Crippen LogP contribution in [-0.2, 0) is 11.3 Å². The summed E-state index contributed by atoms with van der Waals surface area (Å²) in [5.41, 5.74) is 1.34. The highest BCUT2D eigenvalue weighted by atomic mass is 35.5. The van der Waals surface area contributed by atoms with Crippen molar-refractivity contribution in [3.63, 3.8) is 0 Å². The van der Waals surface area contributed by atoms with Crippen LogP contribution in [0.15, 0.2) is 42.7 Å². The second kappa shape index (κ2) is 7.72. The Balaban J connectivity index is 1.53. The minimum atomic E-state index is -0.737. The van der Waals surface area contributed by atoms with Crippen LogP contribution in [0.1, 0.15) is 28.8 Å². The first-order chi connectivity index (χ1) is 12.0. The topological polar surface area (TPSA) is 94.2 Å². The number of hydrogen-bond acceptors (Lipinski definition) is 3. The average molecular weight is 362 g/mol. The molecule has 7 heteroatoms. The fourth-order valence-electron chi connectivity index (χ4n) is 3.07. The fraction of sp³-hybridized carbons (Fsp3) is 0.333. The van der Waals surface area contributed by atoms with Crippen LogP contribution in [-0.4, -0.2) is 34.1 Å². The number of H-pyrrole nitrogens is 1. The number of carbonyl (C=O) groups is 2. The highest BCUT2D eigenvalue weighted by Crippen LogP contribution is 2.27. The zero-order chi connectivity index (χ0) is 17.8. The Kier molecular flexibility index (Phi) is 5.40.